The van der Waals surface area contributed by atoms with Gasteiger partial charge in [0, 0.05) is 5.39 Å². The zero-order valence-corrected chi connectivity index (χ0v) is 18.5. The van der Waals surface area contributed by atoms with Gasteiger partial charge in [-0.1, -0.05) is 36.4 Å². The van der Waals surface area contributed by atoms with Crippen LogP contribution in [-0.4, -0.2) is 40.2 Å². The van der Waals surface area contributed by atoms with Crippen molar-refractivity contribution in [1.29, 1.82) is 0 Å². The van der Waals surface area contributed by atoms with E-state index in [0.717, 1.165) is 5.56 Å². The van der Waals surface area contributed by atoms with E-state index in [-0.39, 0.29) is 36.7 Å². The van der Waals surface area contributed by atoms with Crippen molar-refractivity contribution in [3.63, 3.8) is 0 Å². The highest BCUT2D eigenvalue weighted by Crippen LogP contribution is 2.40. The van der Waals surface area contributed by atoms with Crippen molar-refractivity contribution in [1.82, 2.24) is 4.72 Å². The van der Waals surface area contributed by atoms with Gasteiger partial charge in [-0.3, -0.25) is 4.79 Å². The summed E-state index contributed by atoms with van der Waals surface area (Å²) in [4.78, 5) is 22.4. The van der Waals surface area contributed by atoms with E-state index in [2.05, 4.69) is 4.74 Å². The van der Waals surface area contributed by atoms with Crippen LogP contribution >= 0.6 is 0 Å². The van der Waals surface area contributed by atoms with Gasteiger partial charge in [0.2, 0.25) is 0 Å². The fourth-order valence-corrected chi connectivity index (χ4v) is 4.57. The number of nitrogens with one attached hydrogen (secondary N) is 1. The maximum absolute atomic E-state index is 15.8. The van der Waals surface area contributed by atoms with Crippen molar-refractivity contribution >= 4 is 38.7 Å². The molecule has 1 heterocycles. The van der Waals surface area contributed by atoms with E-state index in [1.165, 1.54) is 12.1 Å². The van der Waals surface area contributed by atoms with Crippen LogP contribution in [0.4, 0.5) is 14.9 Å². The van der Waals surface area contributed by atoms with Crippen LogP contribution in [0.1, 0.15) is 5.56 Å². The molecule has 0 unspecified atom stereocenters. The first-order valence-corrected chi connectivity index (χ1v) is 11.5. The molecule has 0 aliphatic carbocycles. The lowest BCUT2D eigenvalue weighted by Gasteiger charge is -2.21. The molecule has 1 fully saturated rings. The molecule has 34 heavy (non-hydrogen) atoms. The van der Waals surface area contributed by atoms with E-state index in [9.17, 15) is 18.0 Å². The molecular formula is C22H20FN3O7S. The molecule has 0 saturated carbocycles. The number of nitrogens with two attached hydrogens (primary N) is 1. The van der Waals surface area contributed by atoms with Crippen molar-refractivity contribution in [3.05, 3.63) is 66.0 Å². The fourth-order valence-electron chi connectivity index (χ4n) is 3.41. The van der Waals surface area contributed by atoms with Gasteiger partial charge in [0.1, 0.15) is 43.6 Å². The van der Waals surface area contributed by atoms with Crippen LogP contribution < -0.4 is 24.2 Å². The second kappa shape index (κ2) is 9.43. The summed E-state index contributed by atoms with van der Waals surface area (Å²) in [6, 6.07) is 15.1. The molecule has 3 N–H and O–H groups in total. The molecule has 0 bridgehead atoms. The first-order valence-electron chi connectivity index (χ1n) is 10.1. The Morgan fingerprint density at radius 3 is 2.53 bits per heavy atom. The van der Waals surface area contributed by atoms with Gasteiger partial charge in [-0.2, -0.15) is 8.42 Å². The number of primary amides is 1. The summed E-state index contributed by atoms with van der Waals surface area (Å²) in [6.07, 6.45) is -0.948. The number of hydrogen-bond donors (Lipinski definition) is 2. The van der Waals surface area contributed by atoms with Crippen molar-refractivity contribution < 1.29 is 36.6 Å². The average Bonchev–Trinajstić information content (AvgIpc) is 3.07. The number of carbonyl (C=O) groups excluding carboxylic acids is 2. The number of carbonyl (C=O) groups is 2. The first kappa shape index (κ1) is 23.1. The lowest BCUT2D eigenvalue weighted by molar-refractivity contribution is -0.117. The predicted molar refractivity (Wildman–Crippen MR) is 120 cm³/mol. The van der Waals surface area contributed by atoms with Gasteiger partial charge < -0.3 is 19.9 Å². The van der Waals surface area contributed by atoms with E-state index >= 15 is 4.39 Å². The summed E-state index contributed by atoms with van der Waals surface area (Å²) < 4.78 is 59.1. The van der Waals surface area contributed by atoms with Crippen molar-refractivity contribution in [3.8, 4) is 11.5 Å². The predicted octanol–water partition coefficient (Wildman–Crippen LogP) is 2.21. The van der Waals surface area contributed by atoms with Gasteiger partial charge in [0.05, 0.1) is 0 Å². The van der Waals surface area contributed by atoms with Crippen LogP contribution in [-0.2, 0) is 26.3 Å². The Balaban J connectivity index is 1.72. The number of halogens is 1. The summed E-state index contributed by atoms with van der Waals surface area (Å²) >= 11 is 0. The first-order chi connectivity index (χ1) is 16.2. The number of amides is 2. The molecule has 2 amide bonds. The minimum Gasteiger partial charge on any atom is -0.490 e. The van der Waals surface area contributed by atoms with E-state index in [0.29, 0.717) is 9.69 Å². The molecule has 0 radical (unpaired) electrons. The van der Waals surface area contributed by atoms with Crippen LogP contribution in [0.2, 0.25) is 0 Å². The van der Waals surface area contributed by atoms with Crippen molar-refractivity contribution in [2.45, 2.75) is 6.61 Å². The van der Waals surface area contributed by atoms with Crippen molar-refractivity contribution in [2.24, 2.45) is 5.73 Å². The molecule has 10 nitrogen and oxygen atoms in total. The molecule has 1 aliphatic heterocycles. The van der Waals surface area contributed by atoms with Crippen LogP contribution in [0.3, 0.4) is 0 Å². The third-order valence-corrected chi connectivity index (χ3v) is 6.27. The third-order valence-electron chi connectivity index (χ3n) is 4.89. The minimum atomic E-state index is -4.30. The second-order valence-corrected chi connectivity index (χ2v) is 8.84. The Morgan fingerprint density at radius 1 is 1.09 bits per heavy atom. The summed E-state index contributed by atoms with van der Waals surface area (Å²) in [7, 11) is -4.30. The van der Waals surface area contributed by atoms with Gasteiger partial charge in [-0.15, -0.1) is 0 Å². The molecule has 1 aliphatic rings. The number of hydrogen-bond acceptors (Lipinski definition) is 7. The topological polar surface area (TPSA) is 137 Å². The Hall–Kier alpha value is -4.06. The average molecular weight is 489 g/mol. The molecule has 1 saturated heterocycles. The van der Waals surface area contributed by atoms with Gasteiger partial charge in [0.15, 0.2) is 5.82 Å². The zero-order valence-electron chi connectivity index (χ0n) is 17.7. The van der Waals surface area contributed by atoms with Gasteiger partial charge in [0.25, 0.3) is 5.91 Å². The lowest BCUT2D eigenvalue weighted by atomic mass is 10.1. The Morgan fingerprint density at radius 2 is 1.85 bits per heavy atom. The quantitative estimate of drug-likeness (QED) is 0.463. The van der Waals surface area contributed by atoms with Gasteiger partial charge in [-0.25, -0.2) is 18.2 Å². The van der Waals surface area contributed by atoms with Crippen LogP contribution in [0.15, 0.2) is 54.6 Å². The second-order valence-electron chi connectivity index (χ2n) is 7.25. The molecule has 0 atom stereocenters. The fraction of sp³-hybridized carbons (Fsp3) is 0.182. The van der Waals surface area contributed by atoms with Gasteiger partial charge in [-0.05, 0) is 29.1 Å². The maximum atomic E-state index is 15.8. The van der Waals surface area contributed by atoms with E-state index in [1.807, 2.05) is 22.9 Å². The maximum Gasteiger partial charge on any atom is 0.404 e. The van der Waals surface area contributed by atoms with E-state index in [1.54, 1.807) is 24.3 Å². The molecule has 178 valence electrons. The monoisotopic (exact) mass is 489 g/mol. The van der Waals surface area contributed by atoms with E-state index in [4.69, 9.17) is 15.2 Å². The number of fused-ring (bicyclic) bond motifs is 1. The van der Waals surface area contributed by atoms with Crippen LogP contribution in [0.5, 0.6) is 11.5 Å². The summed E-state index contributed by atoms with van der Waals surface area (Å²) in [5.41, 5.74) is 5.28. The third kappa shape index (κ3) is 4.96. The number of ether oxygens (including phenoxy) is 3. The van der Waals surface area contributed by atoms with Gasteiger partial charge >= 0.3 is 16.3 Å². The largest absolute Gasteiger partial charge is 0.490 e. The van der Waals surface area contributed by atoms with Crippen LogP contribution in [0.25, 0.3) is 10.8 Å². The number of rotatable bonds is 8. The highest BCUT2D eigenvalue weighted by molar-refractivity contribution is 7.92. The molecule has 4 rings (SSSR count). The molecular weight excluding hydrogens is 469 g/mol. The summed E-state index contributed by atoms with van der Waals surface area (Å²) in [5, 5.41) is 0.464. The van der Waals surface area contributed by atoms with Crippen LogP contribution in [0, 0.1) is 5.82 Å². The standard InChI is InChI=1S/C22H20FN3O7S/c23-20-17-11-16(31-8-9-32-22(24)28)7-6-15(17)10-18(33-13-14-4-2-1-3-5-14)21(20)26-12-19(27)25-34(26,29)30/h1-7,10-11H,8-9,12-13H2,(H2,24,28)(H,25,27). The van der Waals surface area contributed by atoms with E-state index < -0.39 is 40.3 Å². The lowest BCUT2D eigenvalue weighted by Crippen LogP contribution is -2.30. The molecule has 0 aromatic heterocycles. The SMILES string of the molecule is NC(=O)OCCOc1ccc2cc(OCc3ccccc3)c(N3CC(=O)NS3(=O)=O)c(F)c2c1. The van der Waals surface area contributed by atoms with Crippen molar-refractivity contribution in [2.75, 3.05) is 24.1 Å². The Kier molecular flexibility index (Phi) is 6.41. The smallest absolute Gasteiger partial charge is 0.404 e. The summed E-state index contributed by atoms with van der Waals surface area (Å²) in [5.74, 6) is -1.49. The number of nitrogens with zero attached hydrogens (tertiary/aromatic N) is 1. The molecule has 12 heteroatoms. The normalized spacial score (nSPS) is 14.6. The zero-order chi connectivity index (χ0) is 24.3. The molecule has 3 aromatic rings. The summed E-state index contributed by atoms with van der Waals surface area (Å²) in [6.45, 7) is -0.671. The molecule has 3 aromatic carbocycles. The molecule has 0 spiro atoms. The Labute approximate surface area is 194 Å². The minimum absolute atomic E-state index is 0.0277. The highest BCUT2D eigenvalue weighted by Gasteiger charge is 2.38. The Bertz CT molecular complexity index is 1350. The number of benzene rings is 3. The highest BCUT2D eigenvalue weighted by atomic mass is 32.2. The number of anilines is 1.